The van der Waals surface area contributed by atoms with Gasteiger partial charge >= 0.3 is 45.5 Å². The van der Waals surface area contributed by atoms with E-state index in [0.29, 0.717) is 34.5 Å². The monoisotopic (exact) mass is 906 g/mol. The predicted molar refractivity (Wildman–Crippen MR) is 252 cm³/mol. The van der Waals surface area contributed by atoms with E-state index in [2.05, 4.69) is 9.97 Å². The lowest BCUT2D eigenvalue weighted by atomic mass is 9.74. The van der Waals surface area contributed by atoms with Crippen LogP contribution in [0.2, 0.25) is 25.5 Å². The fraction of sp³-hybridized carbons (Fsp3) is 0.348. The number of aryl methyl sites for hydroxylation is 1. The number of carbonyl (C=O) groups excluding carboxylic acids is 4. The van der Waals surface area contributed by atoms with Crippen LogP contribution in [-0.2, 0) is 45.5 Å². The Morgan fingerprint density at radius 1 is 0.615 bits per heavy atom. The molecular formula is C46H54B3ClN4O11. The zero-order valence-electron chi connectivity index (χ0n) is 38.9. The zero-order valence-corrected chi connectivity index (χ0v) is 39.6. The molecule has 19 heteroatoms. The minimum Gasteiger partial charge on any atom is -0.465 e. The lowest BCUT2D eigenvalue weighted by molar-refractivity contribution is 0.0533. The third kappa shape index (κ3) is 14.0. The first-order chi connectivity index (χ1) is 30.5. The Labute approximate surface area is 385 Å². The van der Waals surface area contributed by atoms with Gasteiger partial charge in [0.25, 0.3) is 0 Å². The van der Waals surface area contributed by atoms with Crippen LogP contribution in [0, 0.1) is 6.92 Å². The molecule has 1 aliphatic heterocycles. The molecule has 0 aliphatic carbocycles. The van der Waals surface area contributed by atoms with Crippen LogP contribution < -0.4 is 0 Å². The Balaban J connectivity index is 0.000000205. The first-order valence-corrected chi connectivity index (χ1v) is 21.3. The lowest BCUT2D eigenvalue weighted by Gasteiger charge is -2.25. The summed E-state index contributed by atoms with van der Waals surface area (Å²) in [6.45, 7) is 18.5. The van der Waals surface area contributed by atoms with Crippen molar-refractivity contribution in [3.05, 3.63) is 130 Å². The highest BCUT2D eigenvalue weighted by molar-refractivity contribution is 6.72. The minimum absolute atomic E-state index is 0.135. The van der Waals surface area contributed by atoms with Crippen molar-refractivity contribution in [1.82, 2.24) is 19.1 Å². The van der Waals surface area contributed by atoms with Gasteiger partial charge in [0.15, 0.2) is 0 Å². The standard InChI is InChI=1S/C22H24N2O4.C21H21ClN2O4.C3H9B3O3/c1-14-13-24(21(26)28-22(2,3)4)19-7-6-15(11-18(14)19)10-17-12-16(8-9-23-17)20(25)27-5;1-21(2,3)28-20(26)24-12-17(22)16-10-13(5-6-18(16)24)9-15-11-14(7-8-23-15)19(25)27-4;1-4-7-5(2)9-6(3)8-4/h6-9,11-13H,10H2,1-5H3;5-8,10-12H,9H2,1-4H3;1-3H3. The summed E-state index contributed by atoms with van der Waals surface area (Å²) in [6, 6.07) is 18.2. The summed E-state index contributed by atoms with van der Waals surface area (Å²) in [5.41, 5.74) is 5.69. The van der Waals surface area contributed by atoms with Gasteiger partial charge in [-0.05, 0) is 134 Å². The average molecular weight is 907 g/mol. The molecule has 0 unspecified atom stereocenters. The number of carbonyl (C=O) groups is 4. The first-order valence-electron chi connectivity index (χ1n) is 20.9. The second-order valence-corrected chi connectivity index (χ2v) is 17.6. The number of aromatic nitrogens is 4. The lowest BCUT2D eigenvalue weighted by Crippen LogP contribution is -2.44. The van der Waals surface area contributed by atoms with Crippen LogP contribution in [0.25, 0.3) is 21.8 Å². The van der Waals surface area contributed by atoms with Gasteiger partial charge in [0, 0.05) is 59.8 Å². The predicted octanol–water partition coefficient (Wildman–Crippen LogP) is 9.76. The molecule has 340 valence electrons. The SMILES string of the molecule is CB1OB(C)OB(C)O1.COC(=O)c1ccnc(Cc2ccc3c(c2)c(C)cn3C(=O)OC(C)(C)C)c1.COC(=O)c1ccnc(Cc2ccc3c(c2)c(Cl)cn3C(=O)OC(C)(C)C)c1. The van der Waals surface area contributed by atoms with Gasteiger partial charge < -0.3 is 32.7 Å². The largest absolute Gasteiger partial charge is 0.465 e. The van der Waals surface area contributed by atoms with Crippen molar-refractivity contribution in [3.63, 3.8) is 0 Å². The van der Waals surface area contributed by atoms with Gasteiger partial charge in [0.05, 0.1) is 41.4 Å². The highest BCUT2D eigenvalue weighted by atomic mass is 35.5. The molecule has 65 heavy (non-hydrogen) atoms. The van der Waals surface area contributed by atoms with E-state index >= 15 is 0 Å². The number of ether oxygens (including phenoxy) is 4. The molecule has 0 bridgehead atoms. The average Bonchev–Trinajstić information content (AvgIpc) is 3.74. The van der Waals surface area contributed by atoms with Crippen LogP contribution in [-0.4, -0.2) is 90.0 Å². The van der Waals surface area contributed by atoms with E-state index < -0.39 is 29.4 Å². The van der Waals surface area contributed by atoms with E-state index in [1.165, 1.54) is 23.4 Å². The number of halogens is 1. The van der Waals surface area contributed by atoms with Crippen molar-refractivity contribution >= 4 is 78.9 Å². The second-order valence-electron chi connectivity index (χ2n) is 17.2. The van der Waals surface area contributed by atoms with Crippen molar-refractivity contribution in [2.75, 3.05) is 14.2 Å². The molecule has 1 saturated heterocycles. The van der Waals surface area contributed by atoms with E-state index in [1.807, 2.05) is 105 Å². The van der Waals surface area contributed by atoms with Gasteiger partial charge in [0.1, 0.15) is 11.2 Å². The molecular weight excluding hydrogens is 852 g/mol. The maximum Gasteiger partial charge on any atom is 0.426 e. The molecule has 7 rings (SSSR count). The summed E-state index contributed by atoms with van der Waals surface area (Å²) >= 11 is 6.35. The molecule has 0 spiro atoms. The van der Waals surface area contributed by atoms with Crippen LogP contribution in [0.4, 0.5) is 9.59 Å². The molecule has 0 N–H and O–H groups in total. The van der Waals surface area contributed by atoms with E-state index in [9.17, 15) is 19.2 Å². The number of hydrogen-bond donors (Lipinski definition) is 0. The van der Waals surface area contributed by atoms with E-state index in [1.54, 1.807) is 49.1 Å². The topological polar surface area (TPSA) is 169 Å². The van der Waals surface area contributed by atoms with Gasteiger partial charge in [-0.25, -0.2) is 19.2 Å². The van der Waals surface area contributed by atoms with Crippen molar-refractivity contribution < 1.29 is 51.8 Å². The third-order valence-corrected chi connectivity index (χ3v) is 9.77. The van der Waals surface area contributed by atoms with Gasteiger partial charge in [-0.1, -0.05) is 23.7 Å². The van der Waals surface area contributed by atoms with Gasteiger partial charge in [-0.3, -0.25) is 19.1 Å². The molecule has 1 fully saturated rings. The Hall–Kier alpha value is -5.94. The Morgan fingerprint density at radius 3 is 1.43 bits per heavy atom. The maximum atomic E-state index is 12.5. The van der Waals surface area contributed by atoms with Crippen molar-refractivity contribution in [3.8, 4) is 0 Å². The number of nitrogens with zero attached hydrogens (tertiary/aromatic N) is 4. The smallest absolute Gasteiger partial charge is 0.426 e. The Kier molecular flexibility index (Phi) is 16.5. The summed E-state index contributed by atoms with van der Waals surface area (Å²) in [5, 5.41) is 2.18. The highest BCUT2D eigenvalue weighted by Gasteiger charge is 2.31. The van der Waals surface area contributed by atoms with Crippen LogP contribution in [0.15, 0.2) is 85.5 Å². The minimum atomic E-state index is -0.601. The fourth-order valence-electron chi connectivity index (χ4n) is 6.79. The molecule has 5 heterocycles. The Bertz CT molecular complexity index is 2480. The molecule has 0 amide bonds. The quantitative estimate of drug-likeness (QED) is 0.0881. The van der Waals surface area contributed by atoms with Gasteiger partial charge in [0.2, 0.25) is 0 Å². The zero-order chi connectivity index (χ0) is 47.8. The molecule has 0 atom stereocenters. The number of methoxy groups -OCH3 is 2. The van der Waals surface area contributed by atoms with Crippen LogP contribution in [0.5, 0.6) is 0 Å². The number of pyridine rings is 2. The summed E-state index contributed by atoms with van der Waals surface area (Å²) in [6.07, 6.45) is 6.72. The summed E-state index contributed by atoms with van der Waals surface area (Å²) in [4.78, 5) is 56.9. The number of fused-ring (bicyclic) bond motifs is 2. The van der Waals surface area contributed by atoms with Crippen LogP contribution >= 0.6 is 11.6 Å². The maximum absolute atomic E-state index is 12.5. The van der Waals surface area contributed by atoms with Gasteiger partial charge in [-0.15, -0.1) is 0 Å². The second kappa shape index (κ2) is 21.4. The molecule has 1 aliphatic rings. The van der Waals surface area contributed by atoms with E-state index in [4.69, 9.17) is 44.3 Å². The van der Waals surface area contributed by atoms with Crippen LogP contribution in [0.3, 0.4) is 0 Å². The molecule has 4 aromatic heterocycles. The number of esters is 2. The number of benzene rings is 2. The number of hydrogen-bond acceptors (Lipinski definition) is 13. The van der Waals surface area contributed by atoms with Crippen molar-refractivity contribution in [2.45, 2.75) is 93.0 Å². The summed E-state index contributed by atoms with van der Waals surface area (Å²) in [7, 11) is 2.29. The first kappa shape index (κ1) is 50.1. The van der Waals surface area contributed by atoms with Crippen molar-refractivity contribution in [1.29, 1.82) is 0 Å². The molecule has 2 aromatic carbocycles. The highest BCUT2D eigenvalue weighted by Crippen LogP contribution is 2.29. The molecule has 15 nitrogen and oxygen atoms in total. The Morgan fingerprint density at radius 2 is 1.02 bits per heavy atom. The number of rotatable bonds is 6. The third-order valence-electron chi connectivity index (χ3n) is 9.46. The van der Waals surface area contributed by atoms with E-state index in [0.717, 1.165) is 44.4 Å². The summed E-state index contributed by atoms with van der Waals surface area (Å²) < 4.78 is 38.7. The van der Waals surface area contributed by atoms with Crippen molar-refractivity contribution in [2.24, 2.45) is 0 Å². The molecule has 0 radical (unpaired) electrons. The molecule has 6 aromatic rings. The molecule has 0 saturated carbocycles. The fourth-order valence-corrected chi connectivity index (χ4v) is 7.04. The van der Waals surface area contributed by atoms with E-state index in [-0.39, 0.29) is 27.3 Å². The normalized spacial score (nSPS) is 12.8. The van der Waals surface area contributed by atoms with Crippen LogP contribution in [0.1, 0.15) is 90.3 Å². The summed E-state index contributed by atoms with van der Waals surface area (Å²) in [5.74, 6) is -0.791. The van der Waals surface area contributed by atoms with Gasteiger partial charge in [-0.2, -0.15) is 0 Å².